The minimum atomic E-state index is 0.194. The third-order valence-corrected chi connectivity index (χ3v) is 1.07. The van der Waals surface area contributed by atoms with Gasteiger partial charge in [-0.05, 0) is 0 Å². The summed E-state index contributed by atoms with van der Waals surface area (Å²) >= 11 is 29.4. The van der Waals surface area contributed by atoms with Crippen molar-refractivity contribution < 1.29 is 0 Å². The van der Waals surface area contributed by atoms with Gasteiger partial charge in [0, 0.05) is 22.8 Å². The van der Waals surface area contributed by atoms with Gasteiger partial charge in [0.25, 0.3) is 0 Å². The largest absolute Gasteiger partial charge is 0.125 e. The summed E-state index contributed by atoms with van der Waals surface area (Å²) < 4.78 is 0. The molecule has 0 N–H and O–H groups in total. The van der Waals surface area contributed by atoms with Gasteiger partial charge in [0.2, 0.25) is 0 Å². The van der Waals surface area contributed by atoms with Crippen LogP contribution in [0.4, 0.5) is 0 Å². The standard InChI is InChI=1S/C2H4Cl2.C2H2Cl2.CH2Cl2/c2*3-1-2-4;2-1-3/h1-2H2;1-2H;1H2. The molecule has 0 aliphatic rings. The van der Waals surface area contributed by atoms with E-state index in [1.807, 2.05) is 0 Å². The van der Waals surface area contributed by atoms with E-state index in [0.717, 1.165) is 0 Å². The lowest BCUT2D eigenvalue weighted by molar-refractivity contribution is 1.52. The van der Waals surface area contributed by atoms with E-state index < -0.39 is 0 Å². The molecular formula is C5H8Cl6. The van der Waals surface area contributed by atoms with Crippen LogP contribution in [0.5, 0.6) is 0 Å². The number of alkyl halides is 4. The zero-order valence-electron chi connectivity index (χ0n) is 5.54. The maximum atomic E-state index is 5.05. The summed E-state index contributed by atoms with van der Waals surface area (Å²) in [5.74, 6) is 1.11. The first-order valence-corrected chi connectivity index (χ1v) is 5.35. The van der Waals surface area contributed by atoms with E-state index in [4.69, 9.17) is 69.6 Å². The normalized spacial score (nSPS) is 7.82. The van der Waals surface area contributed by atoms with E-state index in [1.165, 1.54) is 11.1 Å². The van der Waals surface area contributed by atoms with E-state index in [0.29, 0.717) is 11.8 Å². The molecule has 0 amide bonds. The van der Waals surface area contributed by atoms with Crippen LogP contribution in [0.15, 0.2) is 11.1 Å². The topological polar surface area (TPSA) is 0 Å². The van der Waals surface area contributed by atoms with Crippen molar-refractivity contribution >= 4 is 69.6 Å². The lowest BCUT2D eigenvalue weighted by Crippen LogP contribution is -1.63. The van der Waals surface area contributed by atoms with E-state index >= 15 is 0 Å². The van der Waals surface area contributed by atoms with Crippen LogP contribution in [0.3, 0.4) is 0 Å². The predicted octanol–water partition coefficient (Wildman–Crippen LogP) is 4.82. The number of hydrogen-bond donors (Lipinski definition) is 0. The Morgan fingerprint density at radius 1 is 0.727 bits per heavy atom. The Labute approximate surface area is 97.3 Å². The van der Waals surface area contributed by atoms with Gasteiger partial charge in [-0.2, -0.15) is 0 Å². The number of hydrogen-bond acceptors (Lipinski definition) is 0. The van der Waals surface area contributed by atoms with Gasteiger partial charge in [0.15, 0.2) is 0 Å². The zero-order valence-corrected chi connectivity index (χ0v) is 10.1. The number of halogens is 6. The number of rotatable bonds is 1. The fourth-order valence-corrected chi connectivity index (χ4v) is 0. The molecule has 0 rings (SSSR count). The monoisotopic (exact) mass is 278 g/mol. The molecule has 70 valence electrons. The predicted molar refractivity (Wildman–Crippen MR) is 58.9 cm³/mol. The molecule has 0 bridgehead atoms. The van der Waals surface area contributed by atoms with Gasteiger partial charge < -0.3 is 0 Å². The van der Waals surface area contributed by atoms with E-state index in [-0.39, 0.29) is 5.34 Å². The summed E-state index contributed by atoms with van der Waals surface area (Å²) in [5, 5.41) is 0.194. The molecule has 0 aromatic heterocycles. The summed E-state index contributed by atoms with van der Waals surface area (Å²) in [6.45, 7) is 0. The van der Waals surface area contributed by atoms with Crippen molar-refractivity contribution in [2.75, 3.05) is 17.1 Å². The van der Waals surface area contributed by atoms with Crippen LogP contribution in [0.1, 0.15) is 0 Å². The van der Waals surface area contributed by atoms with Gasteiger partial charge in [-0.15, -0.1) is 46.4 Å². The second kappa shape index (κ2) is 30.0. The van der Waals surface area contributed by atoms with E-state index in [9.17, 15) is 0 Å². The van der Waals surface area contributed by atoms with E-state index in [2.05, 4.69) is 0 Å². The highest BCUT2D eigenvalue weighted by Crippen LogP contribution is 1.78. The van der Waals surface area contributed by atoms with Crippen LogP contribution in [0.2, 0.25) is 0 Å². The lowest BCUT2D eigenvalue weighted by Gasteiger charge is -1.63. The van der Waals surface area contributed by atoms with Crippen molar-refractivity contribution in [3.63, 3.8) is 0 Å². The molecule has 0 saturated carbocycles. The Balaban J connectivity index is -0.0000000886. The van der Waals surface area contributed by atoms with Crippen molar-refractivity contribution in [2.45, 2.75) is 0 Å². The molecule has 0 aliphatic heterocycles. The van der Waals surface area contributed by atoms with Crippen LogP contribution in [0.25, 0.3) is 0 Å². The molecule has 0 fully saturated rings. The molecular weight excluding hydrogens is 273 g/mol. The highest BCUT2D eigenvalue weighted by atomic mass is 35.5. The molecule has 0 nitrogen and oxygen atoms in total. The van der Waals surface area contributed by atoms with Crippen LogP contribution in [-0.2, 0) is 0 Å². The van der Waals surface area contributed by atoms with Gasteiger partial charge in [-0.25, -0.2) is 0 Å². The average molecular weight is 281 g/mol. The van der Waals surface area contributed by atoms with Gasteiger partial charge in [-0.3, -0.25) is 0 Å². The second-order valence-corrected chi connectivity index (χ2v) is 2.80. The fourth-order valence-electron chi connectivity index (χ4n) is 0. The first-order chi connectivity index (χ1) is 5.24. The summed E-state index contributed by atoms with van der Waals surface area (Å²) in [6, 6.07) is 0. The molecule has 0 aliphatic carbocycles. The van der Waals surface area contributed by atoms with Crippen LogP contribution in [-0.4, -0.2) is 17.1 Å². The van der Waals surface area contributed by atoms with Gasteiger partial charge >= 0.3 is 0 Å². The molecule has 0 aromatic carbocycles. The Kier molecular flexibility index (Phi) is 50.0. The Morgan fingerprint density at radius 2 is 0.909 bits per heavy atom. The minimum Gasteiger partial charge on any atom is -0.125 e. The Hall–Kier alpha value is 1.48. The van der Waals surface area contributed by atoms with Crippen molar-refractivity contribution in [1.82, 2.24) is 0 Å². The van der Waals surface area contributed by atoms with Gasteiger partial charge in [0.05, 0.1) is 5.34 Å². The van der Waals surface area contributed by atoms with Gasteiger partial charge in [0.1, 0.15) is 0 Å². The summed E-state index contributed by atoms with van der Waals surface area (Å²) in [7, 11) is 0. The molecule has 0 spiro atoms. The third kappa shape index (κ3) is 85.2. The summed E-state index contributed by atoms with van der Waals surface area (Å²) in [6.07, 6.45) is 0. The Morgan fingerprint density at radius 3 is 0.909 bits per heavy atom. The lowest BCUT2D eigenvalue weighted by atomic mass is 11.0. The maximum absolute atomic E-state index is 5.05. The molecule has 6 heteroatoms. The SMILES string of the molecule is ClC=CCl.ClCCCl.ClCCl. The highest BCUT2D eigenvalue weighted by molar-refractivity contribution is 6.40. The van der Waals surface area contributed by atoms with E-state index in [1.54, 1.807) is 0 Å². The molecule has 0 heterocycles. The van der Waals surface area contributed by atoms with Crippen molar-refractivity contribution in [2.24, 2.45) is 0 Å². The molecule has 0 radical (unpaired) electrons. The third-order valence-electron chi connectivity index (χ3n) is 0.119. The Bertz CT molecular complexity index is 48.9. The molecule has 0 saturated heterocycles. The fraction of sp³-hybridized carbons (Fsp3) is 0.600. The van der Waals surface area contributed by atoms with Crippen molar-refractivity contribution in [3.8, 4) is 0 Å². The second-order valence-electron chi connectivity index (χ2n) is 0.731. The quantitative estimate of drug-likeness (QED) is 0.604. The average Bonchev–Trinajstić information content (AvgIpc) is 2.06. The highest BCUT2D eigenvalue weighted by Gasteiger charge is 1.61. The summed E-state index contributed by atoms with van der Waals surface area (Å²) in [4.78, 5) is 0. The van der Waals surface area contributed by atoms with Crippen LogP contribution >= 0.6 is 69.6 Å². The molecule has 0 unspecified atom stereocenters. The minimum absolute atomic E-state index is 0.194. The van der Waals surface area contributed by atoms with Crippen molar-refractivity contribution in [3.05, 3.63) is 11.1 Å². The molecule has 11 heavy (non-hydrogen) atoms. The van der Waals surface area contributed by atoms with Crippen LogP contribution < -0.4 is 0 Å². The molecule has 0 aromatic rings. The smallest absolute Gasteiger partial charge is 0.0967 e. The molecule has 0 atom stereocenters. The first-order valence-electron chi connectivity index (χ1n) is 2.34. The van der Waals surface area contributed by atoms with Crippen molar-refractivity contribution in [1.29, 1.82) is 0 Å². The van der Waals surface area contributed by atoms with Gasteiger partial charge in [-0.1, -0.05) is 23.2 Å². The van der Waals surface area contributed by atoms with Crippen LogP contribution in [0, 0.1) is 0 Å². The maximum Gasteiger partial charge on any atom is 0.0967 e. The summed E-state index contributed by atoms with van der Waals surface area (Å²) in [5.41, 5.74) is 2.48. The first kappa shape index (κ1) is 18.3. The zero-order chi connectivity index (χ0) is 9.54.